The third-order valence-corrected chi connectivity index (χ3v) is 6.59. The van der Waals surface area contributed by atoms with Crippen molar-refractivity contribution in [1.29, 1.82) is 5.26 Å². The maximum atomic E-state index is 11.0. The SMILES string of the molecule is CNc1nc(-c2ccccc2)cs1.N#Cc1c(N)nc2sc(C=O)c(N)c2c1-c1ccco1. The van der Waals surface area contributed by atoms with Crippen molar-refractivity contribution in [3.8, 4) is 28.7 Å². The maximum Gasteiger partial charge on any atom is 0.182 e. The molecule has 4 heterocycles. The van der Waals surface area contributed by atoms with Crippen molar-refractivity contribution in [2.75, 3.05) is 23.8 Å². The summed E-state index contributed by atoms with van der Waals surface area (Å²) in [6, 6.07) is 15.6. The van der Waals surface area contributed by atoms with Crippen LogP contribution in [0.3, 0.4) is 0 Å². The number of hydrogen-bond acceptors (Lipinski definition) is 10. The number of nitrogens with two attached hydrogens (primary N) is 2. The second-order valence-electron chi connectivity index (χ2n) is 6.67. The molecule has 0 radical (unpaired) electrons. The number of rotatable bonds is 4. The molecule has 0 saturated heterocycles. The van der Waals surface area contributed by atoms with Gasteiger partial charge in [0.15, 0.2) is 11.4 Å². The highest BCUT2D eigenvalue weighted by Gasteiger charge is 2.22. The second kappa shape index (κ2) is 9.52. The van der Waals surface area contributed by atoms with Crippen molar-refractivity contribution < 1.29 is 9.21 Å². The molecule has 5 aromatic rings. The Labute approximate surface area is 197 Å². The van der Waals surface area contributed by atoms with Crippen LogP contribution in [0, 0.1) is 11.3 Å². The Morgan fingerprint density at radius 2 is 1.94 bits per heavy atom. The molecule has 0 aliphatic carbocycles. The van der Waals surface area contributed by atoms with Crippen LogP contribution in [0.25, 0.3) is 32.8 Å². The molecule has 0 fully saturated rings. The van der Waals surface area contributed by atoms with Crippen LogP contribution in [0.1, 0.15) is 15.2 Å². The average molecular weight is 475 g/mol. The first-order chi connectivity index (χ1) is 16.1. The van der Waals surface area contributed by atoms with Gasteiger partial charge in [-0.1, -0.05) is 30.3 Å². The van der Waals surface area contributed by atoms with Crippen molar-refractivity contribution in [3.05, 3.63) is 64.5 Å². The minimum Gasteiger partial charge on any atom is -0.464 e. The number of fused-ring (bicyclic) bond motifs is 1. The number of nitrogen functional groups attached to an aromatic ring is 2. The van der Waals surface area contributed by atoms with E-state index in [4.69, 9.17) is 15.9 Å². The van der Waals surface area contributed by atoms with Crippen LogP contribution >= 0.6 is 22.7 Å². The first-order valence-electron chi connectivity index (χ1n) is 9.66. The van der Waals surface area contributed by atoms with E-state index in [2.05, 4.69) is 32.8 Å². The van der Waals surface area contributed by atoms with Gasteiger partial charge in [-0.05, 0) is 12.1 Å². The van der Waals surface area contributed by atoms with Crippen LogP contribution in [-0.4, -0.2) is 23.3 Å². The van der Waals surface area contributed by atoms with Gasteiger partial charge in [0.1, 0.15) is 28.0 Å². The van der Waals surface area contributed by atoms with Gasteiger partial charge in [0.25, 0.3) is 0 Å². The number of nitrogens with zero attached hydrogens (tertiary/aromatic N) is 3. The number of aldehydes is 1. The number of benzene rings is 1. The highest BCUT2D eigenvalue weighted by atomic mass is 32.1. The van der Waals surface area contributed by atoms with Crippen molar-refractivity contribution in [1.82, 2.24) is 9.97 Å². The molecule has 5 N–H and O–H groups in total. The lowest BCUT2D eigenvalue weighted by atomic mass is 10.0. The predicted molar refractivity (Wildman–Crippen MR) is 133 cm³/mol. The summed E-state index contributed by atoms with van der Waals surface area (Å²) in [4.78, 5) is 20.4. The van der Waals surface area contributed by atoms with Gasteiger partial charge < -0.3 is 21.2 Å². The monoisotopic (exact) mass is 474 g/mol. The summed E-state index contributed by atoms with van der Waals surface area (Å²) in [6.45, 7) is 0. The third kappa shape index (κ3) is 4.27. The summed E-state index contributed by atoms with van der Waals surface area (Å²) in [7, 11) is 1.88. The second-order valence-corrected chi connectivity index (χ2v) is 8.56. The maximum absolute atomic E-state index is 11.0. The minimum atomic E-state index is 0.0881. The summed E-state index contributed by atoms with van der Waals surface area (Å²) < 4.78 is 5.35. The zero-order valence-electron chi connectivity index (χ0n) is 17.4. The fourth-order valence-electron chi connectivity index (χ4n) is 3.19. The topological polar surface area (TPSA) is 144 Å². The van der Waals surface area contributed by atoms with Gasteiger partial charge >= 0.3 is 0 Å². The van der Waals surface area contributed by atoms with Crippen molar-refractivity contribution in [3.63, 3.8) is 0 Å². The zero-order chi connectivity index (χ0) is 23.4. The molecule has 10 heteroatoms. The van der Waals surface area contributed by atoms with E-state index in [1.54, 1.807) is 23.5 Å². The van der Waals surface area contributed by atoms with Crippen LogP contribution in [0.4, 0.5) is 16.6 Å². The normalized spacial score (nSPS) is 10.3. The number of hydrogen-bond donors (Lipinski definition) is 3. The van der Waals surface area contributed by atoms with Crippen LogP contribution in [0.5, 0.6) is 0 Å². The zero-order valence-corrected chi connectivity index (χ0v) is 19.0. The van der Waals surface area contributed by atoms with Crippen molar-refractivity contribution in [2.45, 2.75) is 0 Å². The van der Waals surface area contributed by atoms with E-state index in [1.807, 2.05) is 31.3 Å². The van der Waals surface area contributed by atoms with Gasteiger partial charge in [-0.2, -0.15) is 5.26 Å². The highest BCUT2D eigenvalue weighted by molar-refractivity contribution is 7.21. The number of thiophene rings is 1. The van der Waals surface area contributed by atoms with E-state index in [-0.39, 0.29) is 17.1 Å². The molecule has 164 valence electrons. The number of carbonyl (C=O) groups excluding carboxylic acids is 1. The van der Waals surface area contributed by atoms with E-state index >= 15 is 0 Å². The number of nitrogens with one attached hydrogen (secondary N) is 1. The molecular formula is C23H18N6O2S2. The largest absolute Gasteiger partial charge is 0.464 e. The summed E-state index contributed by atoms with van der Waals surface area (Å²) in [5.74, 6) is 0.549. The van der Waals surface area contributed by atoms with Gasteiger partial charge in [0.05, 0.1) is 28.1 Å². The molecule has 0 aliphatic heterocycles. The van der Waals surface area contributed by atoms with E-state index in [0.717, 1.165) is 22.2 Å². The third-order valence-electron chi connectivity index (χ3n) is 4.71. The lowest BCUT2D eigenvalue weighted by Gasteiger charge is -2.06. The minimum absolute atomic E-state index is 0.0881. The fourth-order valence-corrected chi connectivity index (χ4v) is 4.79. The van der Waals surface area contributed by atoms with Crippen LogP contribution in [0.15, 0.2) is 58.5 Å². The first kappa shape index (κ1) is 22.0. The predicted octanol–water partition coefficient (Wildman–Crippen LogP) is 5.26. The van der Waals surface area contributed by atoms with Crippen molar-refractivity contribution in [2.24, 2.45) is 0 Å². The lowest BCUT2D eigenvalue weighted by Crippen LogP contribution is -1.98. The molecule has 0 aliphatic rings. The van der Waals surface area contributed by atoms with Crippen molar-refractivity contribution >= 4 is 55.8 Å². The van der Waals surface area contributed by atoms with Crippen LogP contribution in [0.2, 0.25) is 0 Å². The number of furan rings is 1. The molecule has 4 aromatic heterocycles. The number of pyridine rings is 1. The summed E-state index contributed by atoms with van der Waals surface area (Å²) >= 11 is 2.76. The van der Waals surface area contributed by atoms with E-state index in [0.29, 0.717) is 32.7 Å². The lowest BCUT2D eigenvalue weighted by molar-refractivity contribution is 0.112. The molecule has 0 unspecified atom stereocenters. The van der Waals surface area contributed by atoms with E-state index in [9.17, 15) is 10.1 Å². The Bertz CT molecular complexity index is 1450. The van der Waals surface area contributed by atoms with Crippen LogP contribution in [-0.2, 0) is 0 Å². The molecule has 0 saturated carbocycles. The highest BCUT2D eigenvalue weighted by Crippen LogP contribution is 2.42. The van der Waals surface area contributed by atoms with Gasteiger partial charge in [0.2, 0.25) is 0 Å². The quantitative estimate of drug-likeness (QED) is 0.299. The van der Waals surface area contributed by atoms with E-state index < -0.39 is 0 Å². The Hall–Kier alpha value is -4.20. The first-order valence-corrected chi connectivity index (χ1v) is 11.4. The van der Waals surface area contributed by atoms with Gasteiger partial charge in [-0.25, -0.2) is 9.97 Å². The number of anilines is 3. The Balaban J connectivity index is 0.000000172. The average Bonchev–Trinajstić information content (AvgIpc) is 3.60. The standard InChI is InChI=1S/C13H8N4O2S.C10H10N2S/c14-4-6-9(7-2-1-3-19-7)10-11(15)8(5-18)20-13(10)17-12(6)16;1-11-10-12-9(7-13-10)8-5-3-2-4-6-8/h1-3,5H,15H2,(H2,16,17);2-7H,1H3,(H,11,12). The Morgan fingerprint density at radius 1 is 1.15 bits per heavy atom. The van der Waals surface area contributed by atoms with E-state index in [1.165, 1.54) is 11.8 Å². The van der Waals surface area contributed by atoms with Gasteiger partial charge in [0, 0.05) is 23.4 Å². The van der Waals surface area contributed by atoms with Gasteiger partial charge in [-0.15, -0.1) is 22.7 Å². The summed E-state index contributed by atoms with van der Waals surface area (Å²) in [5.41, 5.74) is 14.9. The molecule has 33 heavy (non-hydrogen) atoms. The number of aromatic nitrogens is 2. The molecule has 0 amide bonds. The molecule has 8 nitrogen and oxygen atoms in total. The molecule has 1 aromatic carbocycles. The Morgan fingerprint density at radius 3 is 2.55 bits per heavy atom. The number of carbonyl (C=O) groups is 1. The molecule has 5 rings (SSSR count). The number of nitriles is 1. The molecule has 0 spiro atoms. The summed E-state index contributed by atoms with van der Waals surface area (Å²) in [6.07, 6.45) is 2.15. The molecular weight excluding hydrogens is 456 g/mol. The fraction of sp³-hybridized carbons (Fsp3) is 0.0435. The number of thiazole rings is 1. The van der Waals surface area contributed by atoms with Gasteiger partial charge in [-0.3, -0.25) is 4.79 Å². The Kier molecular flexibility index (Phi) is 6.35. The molecule has 0 bridgehead atoms. The summed E-state index contributed by atoms with van der Waals surface area (Å²) in [5, 5.41) is 15.9. The molecule has 0 atom stereocenters. The smallest absolute Gasteiger partial charge is 0.182 e. The van der Waals surface area contributed by atoms with Crippen LogP contribution < -0.4 is 16.8 Å².